The average molecular weight is 371 g/mol. The minimum Gasteiger partial charge on any atom is -0.490 e. The Morgan fingerprint density at radius 2 is 1.88 bits per heavy atom. The highest BCUT2D eigenvalue weighted by Crippen LogP contribution is 2.37. The predicted octanol–water partition coefficient (Wildman–Crippen LogP) is 4.27. The van der Waals surface area contributed by atoms with Crippen LogP contribution in [0.2, 0.25) is 5.02 Å². The molecule has 1 amide bonds. The highest BCUT2D eigenvalue weighted by molar-refractivity contribution is 6.30. The number of fused-ring (bicyclic) bond motifs is 2. The topological polar surface area (TPSA) is 42.4 Å². The number of aromatic nitrogens is 1. The van der Waals surface area contributed by atoms with Crippen LogP contribution in [0.5, 0.6) is 5.75 Å². The second-order valence-electron chi connectivity index (χ2n) is 7.21. The fourth-order valence-electron chi connectivity index (χ4n) is 4.31. The van der Waals surface area contributed by atoms with E-state index in [1.54, 1.807) is 12.4 Å². The van der Waals surface area contributed by atoms with Gasteiger partial charge in [0.2, 0.25) is 5.91 Å². The zero-order chi connectivity index (χ0) is 17.9. The number of pyridine rings is 1. The summed E-state index contributed by atoms with van der Waals surface area (Å²) in [5.41, 5.74) is 1.12. The first-order chi connectivity index (χ1) is 12.7. The van der Waals surface area contributed by atoms with Gasteiger partial charge in [0.15, 0.2) is 0 Å². The molecule has 0 radical (unpaired) electrons. The maximum absolute atomic E-state index is 12.8. The number of carbonyl (C=O) groups is 1. The molecule has 2 saturated heterocycles. The molecular weight excluding hydrogens is 348 g/mol. The van der Waals surface area contributed by atoms with E-state index >= 15 is 0 Å². The van der Waals surface area contributed by atoms with Crippen LogP contribution < -0.4 is 4.74 Å². The maximum atomic E-state index is 12.8. The number of piperidine rings is 1. The lowest BCUT2D eigenvalue weighted by atomic mass is 9.98. The van der Waals surface area contributed by atoms with E-state index < -0.39 is 0 Å². The summed E-state index contributed by atoms with van der Waals surface area (Å²) in [6.45, 7) is 0. The second kappa shape index (κ2) is 7.67. The number of amides is 1. The standard InChI is InChI=1S/C21H23ClN2O2/c22-16-3-1-2-15(12-16)4-7-21(25)24-17-5-6-18(24)14-20(13-17)26-19-8-10-23-11-9-19/h1-3,8-12,17-18,20H,4-7,13-14H2. The van der Waals surface area contributed by atoms with Crippen LogP contribution in [0.15, 0.2) is 48.8 Å². The van der Waals surface area contributed by atoms with Crippen molar-refractivity contribution in [3.8, 4) is 5.75 Å². The molecule has 2 aromatic rings. The van der Waals surface area contributed by atoms with Gasteiger partial charge in [0, 0.05) is 48.8 Å². The van der Waals surface area contributed by atoms with Gasteiger partial charge in [0.25, 0.3) is 0 Å². The van der Waals surface area contributed by atoms with Crippen molar-refractivity contribution in [3.63, 3.8) is 0 Å². The molecule has 4 rings (SSSR count). The number of rotatable bonds is 5. The van der Waals surface area contributed by atoms with Crippen LogP contribution in [0.1, 0.15) is 37.7 Å². The van der Waals surface area contributed by atoms with E-state index in [4.69, 9.17) is 16.3 Å². The molecule has 4 nitrogen and oxygen atoms in total. The van der Waals surface area contributed by atoms with E-state index in [1.807, 2.05) is 36.4 Å². The van der Waals surface area contributed by atoms with E-state index in [9.17, 15) is 4.79 Å². The van der Waals surface area contributed by atoms with Gasteiger partial charge in [-0.25, -0.2) is 0 Å². The highest BCUT2D eigenvalue weighted by atomic mass is 35.5. The van der Waals surface area contributed by atoms with E-state index in [0.29, 0.717) is 18.5 Å². The van der Waals surface area contributed by atoms with Crippen LogP contribution in [-0.4, -0.2) is 34.0 Å². The molecule has 1 aromatic heterocycles. The van der Waals surface area contributed by atoms with Crippen molar-refractivity contribution in [3.05, 3.63) is 59.4 Å². The van der Waals surface area contributed by atoms with Crippen LogP contribution in [0, 0.1) is 0 Å². The molecule has 2 aliphatic heterocycles. The Kier molecular flexibility index (Phi) is 5.11. The van der Waals surface area contributed by atoms with E-state index in [-0.39, 0.29) is 12.0 Å². The molecule has 0 spiro atoms. The number of aryl methyl sites for hydroxylation is 1. The van der Waals surface area contributed by atoms with Gasteiger partial charge in [-0.15, -0.1) is 0 Å². The zero-order valence-electron chi connectivity index (χ0n) is 14.7. The first kappa shape index (κ1) is 17.3. The van der Waals surface area contributed by atoms with Gasteiger partial charge in [0.05, 0.1) is 0 Å². The number of benzene rings is 1. The lowest BCUT2D eigenvalue weighted by Gasteiger charge is -2.39. The lowest BCUT2D eigenvalue weighted by molar-refractivity contribution is -0.137. The number of hydrogen-bond donors (Lipinski definition) is 0. The van der Waals surface area contributed by atoms with Gasteiger partial charge in [-0.1, -0.05) is 23.7 Å². The van der Waals surface area contributed by atoms with Gasteiger partial charge in [0.1, 0.15) is 11.9 Å². The molecule has 2 atom stereocenters. The number of carbonyl (C=O) groups excluding carboxylic acids is 1. The summed E-state index contributed by atoms with van der Waals surface area (Å²) in [7, 11) is 0. The van der Waals surface area contributed by atoms with Crippen molar-refractivity contribution >= 4 is 17.5 Å². The molecule has 2 fully saturated rings. The Balaban J connectivity index is 1.34. The van der Waals surface area contributed by atoms with Gasteiger partial charge >= 0.3 is 0 Å². The maximum Gasteiger partial charge on any atom is 0.223 e. The van der Waals surface area contributed by atoms with Crippen molar-refractivity contribution in [2.45, 2.75) is 56.7 Å². The molecule has 26 heavy (non-hydrogen) atoms. The van der Waals surface area contributed by atoms with Gasteiger partial charge in [-0.3, -0.25) is 9.78 Å². The Hall–Kier alpha value is -2.07. The third kappa shape index (κ3) is 3.85. The van der Waals surface area contributed by atoms with Crippen molar-refractivity contribution in [1.29, 1.82) is 0 Å². The Labute approximate surface area is 159 Å². The second-order valence-corrected chi connectivity index (χ2v) is 7.65. The largest absolute Gasteiger partial charge is 0.490 e. The number of ether oxygens (including phenoxy) is 1. The molecule has 0 aliphatic carbocycles. The van der Waals surface area contributed by atoms with Crippen LogP contribution in [0.3, 0.4) is 0 Å². The summed E-state index contributed by atoms with van der Waals surface area (Å²) in [5.74, 6) is 1.13. The molecule has 136 valence electrons. The lowest BCUT2D eigenvalue weighted by Crippen LogP contribution is -2.49. The summed E-state index contributed by atoms with van der Waals surface area (Å²) < 4.78 is 6.11. The molecule has 0 N–H and O–H groups in total. The van der Waals surface area contributed by atoms with Crippen molar-refractivity contribution in [2.75, 3.05) is 0 Å². The Morgan fingerprint density at radius 3 is 2.58 bits per heavy atom. The zero-order valence-corrected chi connectivity index (χ0v) is 15.4. The van der Waals surface area contributed by atoms with Crippen molar-refractivity contribution in [1.82, 2.24) is 9.88 Å². The van der Waals surface area contributed by atoms with Gasteiger partial charge in [-0.2, -0.15) is 0 Å². The van der Waals surface area contributed by atoms with Crippen LogP contribution in [-0.2, 0) is 11.2 Å². The van der Waals surface area contributed by atoms with Crippen molar-refractivity contribution in [2.24, 2.45) is 0 Å². The highest BCUT2D eigenvalue weighted by Gasteiger charge is 2.43. The van der Waals surface area contributed by atoms with Gasteiger partial charge < -0.3 is 9.64 Å². The minimum atomic E-state index is 0.187. The first-order valence-electron chi connectivity index (χ1n) is 9.31. The Morgan fingerprint density at radius 1 is 1.15 bits per heavy atom. The molecule has 0 saturated carbocycles. The third-order valence-corrected chi connectivity index (χ3v) is 5.68. The van der Waals surface area contributed by atoms with E-state index in [1.165, 1.54) is 0 Å². The van der Waals surface area contributed by atoms with E-state index in [0.717, 1.165) is 48.4 Å². The van der Waals surface area contributed by atoms with E-state index in [2.05, 4.69) is 9.88 Å². The molecule has 2 aliphatic rings. The molecule has 5 heteroatoms. The quantitative estimate of drug-likeness (QED) is 0.789. The van der Waals surface area contributed by atoms with Crippen LogP contribution in [0.25, 0.3) is 0 Å². The normalized spacial score (nSPS) is 24.5. The molecule has 1 aromatic carbocycles. The summed E-state index contributed by atoms with van der Waals surface area (Å²) in [4.78, 5) is 19.0. The minimum absolute atomic E-state index is 0.187. The molecule has 2 bridgehead atoms. The number of hydrogen-bond acceptors (Lipinski definition) is 3. The predicted molar refractivity (Wildman–Crippen MR) is 101 cm³/mol. The number of nitrogens with zero attached hydrogens (tertiary/aromatic N) is 2. The fourth-order valence-corrected chi connectivity index (χ4v) is 4.53. The monoisotopic (exact) mass is 370 g/mol. The SMILES string of the molecule is O=C(CCc1cccc(Cl)c1)N1C2CCC1CC(Oc1ccncc1)C2. The summed E-state index contributed by atoms with van der Waals surface area (Å²) in [5, 5.41) is 0.726. The third-order valence-electron chi connectivity index (χ3n) is 5.45. The van der Waals surface area contributed by atoms with Gasteiger partial charge in [-0.05, 0) is 49.1 Å². The van der Waals surface area contributed by atoms with Crippen LogP contribution >= 0.6 is 11.6 Å². The average Bonchev–Trinajstić information content (AvgIpc) is 2.92. The molecule has 2 unspecified atom stereocenters. The fraction of sp³-hybridized carbons (Fsp3) is 0.429. The number of halogens is 1. The summed E-state index contributed by atoms with van der Waals surface area (Å²) >= 11 is 6.03. The smallest absolute Gasteiger partial charge is 0.223 e. The molecular formula is C21H23ClN2O2. The van der Waals surface area contributed by atoms with Crippen molar-refractivity contribution < 1.29 is 9.53 Å². The Bertz CT molecular complexity index is 754. The summed E-state index contributed by atoms with van der Waals surface area (Å²) in [6.07, 6.45) is 8.98. The first-order valence-corrected chi connectivity index (χ1v) is 9.69. The molecule has 3 heterocycles. The van der Waals surface area contributed by atoms with Crippen LogP contribution in [0.4, 0.5) is 0 Å². The summed E-state index contributed by atoms with van der Waals surface area (Å²) in [6, 6.07) is 12.2.